The van der Waals surface area contributed by atoms with E-state index in [0.29, 0.717) is 11.9 Å². The summed E-state index contributed by atoms with van der Waals surface area (Å²) in [5.74, 6) is 1.74. The van der Waals surface area contributed by atoms with E-state index in [9.17, 15) is 0 Å². The van der Waals surface area contributed by atoms with Gasteiger partial charge in [0.1, 0.15) is 6.04 Å². The fraction of sp³-hybridized carbons (Fsp3) is 0.103. The lowest BCUT2D eigenvalue weighted by Gasteiger charge is -2.39. The van der Waals surface area contributed by atoms with Gasteiger partial charge in [0.25, 0.3) is 0 Å². The molecule has 1 aliphatic carbocycles. The third-order valence-electron chi connectivity index (χ3n) is 16.4. The van der Waals surface area contributed by atoms with E-state index in [1.165, 1.54) is 65.8 Å². The molecule has 0 N–H and O–H groups in total. The van der Waals surface area contributed by atoms with E-state index in [2.05, 4.69) is 262 Å². The van der Waals surface area contributed by atoms with E-state index < -0.39 is 6.17 Å². The maximum Gasteiger partial charge on any atom is 0.232 e. The molecule has 9 aromatic carbocycles. The molecule has 3 aliphatic heterocycles. The van der Waals surface area contributed by atoms with E-state index in [4.69, 9.17) is 15.0 Å². The maximum atomic E-state index is 6.01. The van der Waals surface area contributed by atoms with Crippen LogP contribution in [0.5, 0.6) is 0 Å². The van der Waals surface area contributed by atoms with Gasteiger partial charge in [-0.15, -0.1) is 0 Å². The molecular weight excluding hydrogens is 929 g/mol. The lowest BCUT2D eigenvalue weighted by Crippen LogP contribution is -2.51. The molecule has 6 heterocycles. The summed E-state index contributed by atoms with van der Waals surface area (Å²) in [6, 6.07) is 74.3. The topological polar surface area (TPSA) is 58.4 Å². The molecule has 4 aliphatic rings. The van der Waals surface area contributed by atoms with Gasteiger partial charge < -0.3 is 9.13 Å². The number of aliphatic imine (C=N–C) groups is 3. The Kier molecular flexibility index (Phi) is 9.31. The Morgan fingerprint density at radius 2 is 1.14 bits per heavy atom. The van der Waals surface area contributed by atoms with Crippen molar-refractivity contribution in [2.75, 3.05) is 9.80 Å². The van der Waals surface area contributed by atoms with Gasteiger partial charge in [-0.2, -0.15) is 0 Å². The zero-order chi connectivity index (χ0) is 50.2. The van der Waals surface area contributed by atoms with Gasteiger partial charge in [-0.05, 0) is 96.3 Å². The van der Waals surface area contributed by atoms with Crippen LogP contribution in [0.4, 0.5) is 17.1 Å². The smallest absolute Gasteiger partial charge is 0.232 e. The summed E-state index contributed by atoms with van der Waals surface area (Å²) in [4.78, 5) is 22.6. The summed E-state index contributed by atoms with van der Waals surface area (Å²) in [6.07, 6.45) is 8.03. The molecule has 0 amide bonds. The number of fused-ring (bicyclic) bond motifs is 14. The predicted molar refractivity (Wildman–Crippen MR) is 316 cm³/mol. The fourth-order valence-corrected chi connectivity index (χ4v) is 13.2. The zero-order valence-corrected chi connectivity index (χ0v) is 42.1. The molecule has 8 heteroatoms. The van der Waals surface area contributed by atoms with Gasteiger partial charge in [-0.1, -0.05) is 171 Å². The van der Waals surface area contributed by atoms with Crippen LogP contribution < -0.4 is 9.80 Å². The minimum atomic E-state index is -0.581. The zero-order valence-electron chi connectivity index (χ0n) is 42.1. The summed E-state index contributed by atoms with van der Waals surface area (Å²) in [7, 11) is 0. The molecule has 8 nitrogen and oxygen atoms in total. The highest BCUT2D eigenvalue weighted by atomic mass is 15.5. The van der Waals surface area contributed by atoms with E-state index in [1.807, 2.05) is 0 Å². The van der Waals surface area contributed by atoms with Crippen molar-refractivity contribution in [2.24, 2.45) is 20.9 Å². The van der Waals surface area contributed by atoms with Crippen LogP contribution in [-0.4, -0.2) is 43.5 Å². The van der Waals surface area contributed by atoms with Crippen LogP contribution in [0.25, 0.3) is 76.8 Å². The van der Waals surface area contributed by atoms with Crippen LogP contribution in [0.1, 0.15) is 35.6 Å². The first-order chi connectivity index (χ1) is 37.6. The van der Waals surface area contributed by atoms with E-state index in [0.717, 1.165) is 74.8 Å². The van der Waals surface area contributed by atoms with E-state index >= 15 is 0 Å². The van der Waals surface area contributed by atoms with Crippen molar-refractivity contribution in [3.63, 3.8) is 0 Å². The highest BCUT2D eigenvalue weighted by Crippen LogP contribution is 2.50. The van der Waals surface area contributed by atoms with Crippen molar-refractivity contribution in [2.45, 2.75) is 38.9 Å². The van der Waals surface area contributed by atoms with Crippen LogP contribution in [0.2, 0.25) is 0 Å². The third-order valence-corrected chi connectivity index (χ3v) is 16.4. The van der Waals surface area contributed by atoms with E-state index in [1.54, 1.807) is 0 Å². The first-order valence-corrected chi connectivity index (χ1v) is 26.5. The molecule has 0 spiro atoms. The normalized spacial score (nSPS) is 18.1. The number of anilines is 3. The fourth-order valence-electron chi connectivity index (χ4n) is 13.2. The van der Waals surface area contributed by atoms with Crippen molar-refractivity contribution >= 4 is 106 Å². The van der Waals surface area contributed by atoms with Crippen LogP contribution in [-0.2, 0) is 6.42 Å². The van der Waals surface area contributed by atoms with E-state index in [-0.39, 0.29) is 6.04 Å². The SMILES string of the molecule is Cc1cc2c3ccccc3n(-c3ccccc3)c2c2c3ccccc3n(C3=NC4N=C(N5c6ccccc6Cc6ccc7c8ccccc8n(C8=CC=CC[C@H]8C)c7c65)N(c5ccccc5)C4C(c4ccccc4)=N3)c12. The number of rotatable bonds is 4. The lowest BCUT2D eigenvalue weighted by molar-refractivity contribution is 0.675. The highest BCUT2D eigenvalue weighted by Gasteiger charge is 2.48. The molecule has 3 atom stereocenters. The second kappa shape index (κ2) is 16.5. The number of aryl methyl sites for hydroxylation is 1. The molecule has 0 radical (unpaired) electrons. The molecule has 12 aromatic rings. The molecule has 2 unspecified atom stereocenters. The van der Waals surface area contributed by atoms with Gasteiger partial charge in [-0.3, -0.25) is 14.4 Å². The van der Waals surface area contributed by atoms with Crippen molar-refractivity contribution in [1.29, 1.82) is 0 Å². The second-order valence-electron chi connectivity index (χ2n) is 20.8. The third kappa shape index (κ3) is 6.09. The quantitative estimate of drug-likeness (QED) is 0.176. The Morgan fingerprint density at radius 3 is 1.89 bits per heavy atom. The summed E-state index contributed by atoms with van der Waals surface area (Å²) in [5.41, 5.74) is 18.1. The summed E-state index contributed by atoms with van der Waals surface area (Å²) >= 11 is 0. The van der Waals surface area contributed by atoms with Gasteiger partial charge in [0.05, 0.1) is 50.2 Å². The molecule has 0 saturated heterocycles. The Bertz CT molecular complexity index is 4570. The average Bonchev–Trinajstić information content (AvgIpc) is 4.39. The number of benzene rings is 9. The largest absolute Gasteiger partial charge is 0.311 e. The highest BCUT2D eigenvalue weighted by molar-refractivity contribution is 6.30. The minimum absolute atomic E-state index is 0.316. The van der Waals surface area contributed by atoms with Crippen LogP contribution in [0.15, 0.2) is 239 Å². The predicted octanol–water partition coefficient (Wildman–Crippen LogP) is 15.8. The molecular formula is C68H50N8. The van der Waals surface area contributed by atoms with Gasteiger partial charge in [0.15, 0.2) is 6.17 Å². The number of allylic oxidation sites excluding steroid dienone is 4. The van der Waals surface area contributed by atoms with Crippen molar-refractivity contribution in [3.8, 4) is 5.69 Å². The van der Waals surface area contributed by atoms with Crippen molar-refractivity contribution in [3.05, 3.63) is 247 Å². The molecule has 3 aromatic heterocycles. The molecule has 362 valence electrons. The number of hydrogen-bond donors (Lipinski definition) is 0. The Labute approximate surface area is 439 Å². The number of hydrogen-bond acceptors (Lipinski definition) is 5. The number of nitrogens with zero attached hydrogens (tertiary/aromatic N) is 8. The van der Waals surface area contributed by atoms with Gasteiger partial charge in [0.2, 0.25) is 11.9 Å². The molecule has 0 bridgehead atoms. The second-order valence-corrected chi connectivity index (χ2v) is 20.8. The van der Waals surface area contributed by atoms with Crippen molar-refractivity contribution in [1.82, 2.24) is 13.7 Å². The number of aromatic nitrogens is 3. The lowest BCUT2D eigenvalue weighted by atomic mass is 9.93. The Hall–Kier alpha value is -9.53. The van der Waals surface area contributed by atoms with Gasteiger partial charge in [0, 0.05) is 61.7 Å². The Balaban J connectivity index is 0.995. The molecule has 16 rings (SSSR count). The molecule has 0 fully saturated rings. The van der Waals surface area contributed by atoms with Gasteiger partial charge >= 0.3 is 0 Å². The van der Waals surface area contributed by atoms with Gasteiger partial charge in [-0.25, -0.2) is 15.0 Å². The monoisotopic (exact) mass is 978 g/mol. The Morgan fingerprint density at radius 1 is 0.513 bits per heavy atom. The first-order valence-electron chi connectivity index (χ1n) is 26.5. The molecule has 76 heavy (non-hydrogen) atoms. The number of guanidine groups is 1. The van der Waals surface area contributed by atoms with Crippen molar-refractivity contribution < 1.29 is 0 Å². The minimum Gasteiger partial charge on any atom is -0.311 e. The van der Waals surface area contributed by atoms with Crippen LogP contribution >= 0.6 is 0 Å². The summed E-state index contributed by atoms with van der Waals surface area (Å²) < 4.78 is 7.32. The standard InChI is InChI=1S/C68H50N8/c1-42-22-12-17-33-54(42)74-57-36-20-14-30-49(57)51-39-38-46-41-45-25-13-18-34-55(45)76(62(46)64(51)74)68-71-66-65(73(68)48-28-10-5-11-29-48)60(44-23-6-3-7-24-44)69-67(70-66)75-58-37-21-16-32-52(58)59-61(75)43(2)40-53-50-31-15-19-35-56(50)72(63(53)59)47-26-8-4-9-27-47/h3-21,23-40,42,65-66H,22,41H2,1-2H3/t42-,65?,66?/m1/s1. The maximum absolute atomic E-state index is 6.01. The van der Waals surface area contributed by atoms with Crippen LogP contribution in [0.3, 0.4) is 0 Å². The summed E-state index contributed by atoms with van der Waals surface area (Å²) in [6.45, 7) is 4.60. The first kappa shape index (κ1) is 42.9. The average molecular weight is 979 g/mol. The van der Waals surface area contributed by atoms with Crippen LogP contribution in [0, 0.1) is 12.8 Å². The number of para-hydroxylation sites is 6. The molecule has 0 saturated carbocycles. The summed E-state index contributed by atoms with van der Waals surface area (Å²) in [5, 5.41) is 7.22.